The molecule has 8 nitrogen and oxygen atoms in total. The van der Waals surface area contributed by atoms with E-state index in [2.05, 4.69) is 43.4 Å². The van der Waals surface area contributed by atoms with Crippen LogP contribution in [0.3, 0.4) is 0 Å². The summed E-state index contributed by atoms with van der Waals surface area (Å²) in [6.45, 7) is 5.37. The number of benzene rings is 2. The van der Waals surface area contributed by atoms with Crippen molar-refractivity contribution in [1.82, 2.24) is 5.32 Å². The highest BCUT2D eigenvalue weighted by Gasteiger charge is 2.52. The van der Waals surface area contributed by atoms with Crippen molar-refractivity contribution < 1.29 is 28.9 Å². The van der Waals surface area contributed by atoms with Crippen molar-refractivity contribution in [3.63, 3.8) is 0 Å². The van der Waals surface area contributed by atoms with Crippen LogP contribution in [0.1, 0.15) is 37.0 Å². The molecule has 3 aliphatic rings. The number of carboxylic acids is 1. The van der Waals surface area contributed by atoms with Gasteiger partial charge in [0.05, 0.1) is 26.9 Å². The molecule has 0 aromatic heterocycles. The number of alkyl carbamates (subject to hydrolysis) is 1. The van der Waals surface area contributed by atoms with Gasteiger partial charge in [-0.1, -0.05) is 50.2 Å². The first kappa shape index (κ1) is 23.6. The van der Waals surface area contributed by atoms with Crippen LogP contribution in [0.15, 0.2) is 36.4 Å². The first-order valence-electron chi connectivity index (χ1n) is 12.2. The van der Waals surface area contributed by atoms with Gasteiger partial charge in [-0.3, -0.25) is 0 Å². The zero-order valence-corrected chi connectivity index (χ0v) is 20.4. The lowest BCUT2D eigenvalue weighted by molar-refractivity contribution is -0.149. The SMILES string of the molecule is COC(=O)N[C@@H](Cc1ccc2c(c1N1CC3(CC1C(=O)O)OCCO3)Cc1ccccc1-2)C(C)C. The summed E-state index contributed by atoms with van der Waals surface area (Å²) in [6.07, 6.45) is 1.06. The largest absolute Gasteiger partial charge is 0.480 e. The number of anilines is 1. The van der Waals surface area contributed by atoms with E-state index >= 15 is 0 Å². The van der Waals surface area contributed by atoms with E-state index in [4.69, 9.17) is 14.2 Å². The molecule has 2 heterocycles. The summed E-state index contributed by atoms with van der Waals surface area (Å²) >= 11 is 0. The summed E-state index contributed by atoms with van der Waals surface area (Å²) in [5, 5.41) is 13.2. The number of methoxy groups -OCH3 is 1. The molecule has 8 heteroatoms. The molecule has 2 N–H and O–H groups in total. The number of hydrogen-bond donors (Lipinski definition) is 2. The number of nitrogens with one attached hydrogen (secondary N) is 1. The Morgan fingerprint density at radius 3 is 2.60 bits per heavy atom. The fraction of sp³-hybridized carbons (Fsp3) is 0.481. The lowest BCUT2D eigenvalue weighted by Crippen LogP contribution is -2.41. The topological polar surface area (TPSA) is 97.3 Å². The second-order valence-corrected chi connectivity index (χ2v) is 9.92. The summed E-state index contributed by atoms with van der Waals surface area (Å²) in [5.74, 6) is -1.65. The molecular weight excluding hydrogens is 448 g/mol. The standard InChI is InChI=1S/C27H32N2O6/c1-16(2)22(28-26(32)33-3)13-18-8-9-20-19-7-5-4-6-17(19)12-21(20)24(18)29-15-27(34-10-11-35-27)14-23(29)25(30)31/h4-9,16,22-23H,10-15H2,1-3H3,(H,28,32)(H,30,31)/t22-,23?/m0/s1. The fourth-order valence-electron chi connectivity index (χ4n) is 5.67. The maximum Gasteiger partial charge on any atom is 0.407 e. The number of carbonyl (C=O) groups is 2. The highest BCUT2D eigenvalue weighted by atomic mass is 16.7. The number of nitrogens with zero attached hydrogens (tertiary/aromatic N) is 1. The maximum absolute atomic E-state index is 12.4. The average Bonchev–Trinajstić information content (AvgIpc) is 3.55. The first-order valence-corrected chi connectivity index (χ1v) is 12.2. The van der Waals surface area contributed by atoms with Crippen LogP contribution in [0, 0.1) is 5.92 Å². The fourth-order valence-corrected chi connectivity index (χ4v) is 5.67. The van der Waals surface area contributed by atoms with E-state index < -0.39 is 23.9 Å². The van der Waals surface area contributed by atoms with Crippen molar-refractivity contribution in [2.24, 2.45) is 5.92 Å². The van der Waals surface area contributed by atoms with Gasteiger partial charge in [-0.2, -0.15) is 0 Å². The van der Waals surface area contributed by atoms with Crippen molar-refractivity contribution in [3.8, 4) is 11.1 Å². The summed E-state index contributed by atoms with van der Waals surface area (Å²) in [5.41, 5.74) is 6.55. The molecular formula is C27H32N2O6. The van der Waals surface area contributed by atoms with E-state index in [1.54, 1.807) is 0 Å². The number of rotatable bonds is 6. The van der Waals surface area contributed by atoms with Crippen molar-refractivity contribution in [3.05, 3.63) is 53.1 Å². The van der Waals surface area contributed by atoms with Gasteiger partial charge in [0.15, 0.2) is 5.79 Å². The minimum Gasteiger partial charge on any atom is -0.480 e. The van der Waals surface area contributed by atoms with Crippen molar-refractivity contribution in [1.29, 1.82) is 0 Å². The third kappa shape index (κ3) is 4.25. The smallest absolute Gasteiger partial charge is 0.407 e. The number of carboxylic acid groups (broad SMARTS) is 1. The first-order chi connectivity index (χ1) is 16.8. The van der Waals surface area contributed by atoms with Gasteiger partial charge in [0, 0.05) is 24.6 Å². The third-order valence-corrected chi connectivity index (χ3v) is 7.45. The van der Waals surface area contributed by atoms with Gasteiger partial charge in [-0.05, 0) is 40.2 Å². The lowest BCUT2D eigenvalue weighted by Gasteiger charge is -2.31. The van der Waals surface area contributed by atoms with Crippen LogP contribution >= 0.6 is 0 Å². The molecule has 1 unspecified atom stereocenters. The summed E-state index contributed by atoms with van der Waals surface area (Å²) in [6, 6.07) is 11.6. The van der Waals surface area contributed by atoms with Crippen LogP contribution in [0.2, 0.25) is 0 Å². The normalized spacial score (nSPS) is 20.7. The highest BCUT2D eigenvalue weighted by Crippen LogP contribution is 2.47. The van der Waals surface area contributed by atoms with Crippen molar-refractivity contribution in [2.75, 3.05) is 31.8 Å². The van der Waals surface area contributed by atoms with Crippen LogP contribution in [0.4, 0.5) is 10.5 Å². The highest BCUT2D eigenvalue weighted by molar-refractivity contribution is 5.87. The Bertz CT molecular complexity index is 1140. The van der Waals surface area contributed by atoms with E-state index in [9.17, 15) is 14.7 Å². The molecule has 2 aromatic rings. The van der Waals surface area contributed by atoms with Gasteiger partial charge in [-0.15, -0.1) is 0 Å². The summed E-state index contributed by atoms with van der Waals surface area (Å²) < 4.78 is 16.7. The number of fused-ring (bicyclic) bond motifs is 3. The van der Waals surface area contributed by atoms with Gasteiger partial charge in [-0.25, -0.2) is 9.59 Å². The second kappa shape index (κ2) is 9.17. The summed E-state index contributed by atoms with van der Waals surface area (Å²) in [7, 11) is 1.35. The average molecular weight is 481 g/mol. The number of amides is 1. The Morgan fingerprint density at radius 1 is 1.17 bits per heavy atom. The van der Waals surface area contributed by atoms with E-state index in [0.717, 1.165) is 28.8 Å². The van der Waals surface area contributed by atoms with Gasteiger partial charge in [0.2, 0.25) is 0 Å². The Hall–Kier alpha value is -3.10. The zero-order chi connectivity index (χ0) is 24.7. The molecule has 35 heavy (non-hydrogen) atoms. The minimum atomic E-state index is -0.907. The monoisotopic (exact) mass is 480 g/mol. The molecule has 2 fully saturated rings. The Morgan fingerprint density at radius 2 is 1.91 bits per heavy atom. The van der Waals surface area contributed by atoms with Crippen LogP contribution in [0.25, 0.3) is 11.1 Å². The molecule has 2 atom stereocenters. The van der Waals surface area contributed by atoms with Crippen LogP contribution in [0.5, 0.6) is 0 Å². The maximum atomic E-state index is 12.4. The molecule has 0 saturated carbocycles. The molecule has 186 valence electrons. The summed E-state index contributed by atoms with van der Waals surface area (Å²) in [4.78, 5) is 26.5. The lowest BCUT2D eigenvalue weighted by atomic mass is 9.91. The molecule has 5 rings (SSSR count). The van der Waals surface area contributed by atoms with Crippen molar-refractivity contribution in [2.45, 2.75) is 51.0 Å². The zero-order valence-electron chi connectivity index (χ0n) is 20.4. The van der Waals surface area contributed by atoms with E-state index in [-0.39, 0.29) is 18.4 Å². The molecule has 2 saturated heterocycles. The van der Waals surface area contributed by atoms with Crippen LogP contribution < -0.4 is 10.2 Å². The Balaban J connectivity index is 1.61. The number of ether oxygens (including phenoxy) is 3. The Labute approximate surface area is 205 Å². The van der Waals surface area contributed by atoms with E-state index in [0.29, 0.717) is 26.2 Å². The quantitative estimate of drug-likeness (QED) is 0.557. The van der Waals surface area contributed by atoms with Crippen LogP contribution in [-0.4, -0.2) is 61.9 Å². The third-order valence-electron chi connectivity index (χ3n) is 7.45. The predicted octanol–water partition coefficient (Wildman–Crippen LogP) is 3.59. The molecule has 0 bridgehead atoms. The Kier molecular flexibility index (Phi) is 6.19. The predicted molar refractivity (Wildman–Crippen MR) is 131 cm³/mol. The molecule has 1 aliphatic carbocycles. The van der Waals surface area contributed by atoms with Gasteiger partial charge >= 0.3 is 12.1 Å². The number of hydrogen-bond acceptors (Lipinski definition) is 6. The molecule has 0 radical (unpaired) electrons. The minimum absolute atomic E-state index is 0.147. The second-order valence-electron chi connectivity index (χ2n) is 9.92. The molecule has 2 aromatic carbocycles. The molecule has 1 spiro atoms. The van der Waals surface area contributed by atoms with Gasteiger partial charge < -0.3 is 29.5 Å². The van der Waals surface area contributed by atoms with Crippen molar-refractivity contribution >= 4 is 17.7 Å². The van der Waals surface area contributed by atoms with Crippen LogP contribution in [-0.2, 0) is 31.8 Å². The van der Waals surface area contributed by atoms with Gasteiger partial charge in [0.1, 0.15) is 6.04 Å². The number of aliphatic carboxylic acids is 1. The number of carbonyl (C=O) groups excluding carboxylic acids is 1. The van der Waals surface area contributed by atoms with E-state index in [1.807, 2.05) is 17.0 Å². The van der Waals surface area contributed by atoms with Gasteiger partial charge in [0.25, 0.3) is 0 Å². The molecule has 1 amide bonds. The van der Waals surface area contributed by atoms with E-state index in [1.165, 1.54) is 18.2 Å². The molecule has 2 aliphatic heterocycles.